The third kappa shape index (κ3) is 2.98. The van der Waals surface area contributed by atoms with Gasteiger partial charge in [0.15, 0.2) is 11.6 Å². The molecule has 2 heterocycles. The normalized spacial score (nSPS) is 15.6. The van der Waals surface area contributed by atoms with Crippen LogP contribution in [-0.4, -0.2) is 20.8 Å². The topological polar surface area (TPSA) is 56.4 Å². The van der Waals surface area contributed by atoms with Crippen molar-refractivity contribution in [2.24, 2.45) is 0 Å². The molecule has 1 unspecified atom stereocenters. The summed E-state index contributed by atoms with van der Waals surface area (Å²) in [6.45, 7) is 1.99. The van der Waals surface area contributed by atoms with Crippen molar-refractivity contribution in [2.45, 2.75) is 19.6 Å². The molecule has 0 aliphatic carbocycles. The van der Waals surface area contributed by atoms with E-state index in [0.717, 1.165) is 12.1 Å². The number of aromatic hydroxyl groups is 1. The molecule has 1 atom stereocenters. The minimum atomic E-state index is -0.994. The maximum Gasteiger partial charge on any atom is 0.336 e. The number of imidazole rings is 1. The van der Waals surface area contributed by atoms with Crippen molar-refractivity contribution in [3.63, 3.8) is 0 Å². The van der Waals surface area contributed by atoms with Crippen LogP contribution in [0, 0.1) is 23.5 Å². The van der Waals surface area contributed by atoms with Gasteiger partial charge in [-0.25, -0.2) is 18.1 Å². The SMILES string of the molecule is CC1COCc2c(O)n(-c3c(F)cc(C#Cc4ccccc4)cc3F)c(=O)n21. The van der Waals surface area contributed by atoms with E-state index in [4.69, 9.17) is 4.74 Å². The molecule has 7 heteroatoms. The summed E-state index contributed by atoms with van der Waals surface area (Å²) >= 11 is 0. The fraction of sp³-hybridized carbons (Fsp3) is 0.190. The van der Waals surface area contributed by atoms with Crippen molar-refractivity contribution in [1.29, 1.82) is 0 Å². The van der Waals surface area contributed by atoms with Gasteiger partial charge in [0, 0.05) is 11.1 Å². The Labute approximate surface area is 159 Å². The van der Waals surface area contributed by atoms with Gasteiger partial charge in [-0.05, 0) is 31.2 Å². The van der Waals surface area contributed by atoms with Crippen LogP contribution in [0.5, 0.6) is 5.88 Å². The van der Waals surface area contributed by atoms with Crippen molar-refractivity contribution in [2.75, 3.05) is 6.61 Å². The summed E-state index contributed by atoms with van der Waals surface area (Å²) in [5.41, 5.74) is -0.340. The van der Waals surface area contributed by atoms with Crippen molar-refractivity contribution in [3.8, 4) is 23.4 Å². The van der Waals surface area contributed by atoms with E-state index in [0.29, 0.717) is 10.1 Å². The minimum Gasteiger partial charge on any atom is -0.493 e. The van der Waals surface area contributed by atoms with Crippen molar-refractivity contribution in [1.82, 2.24) is 9.13 Å². The second-order valence-electron chi connectivity index (χ2n) is 6.53. The van der Waals surface area contributed by atoms with Crippen LogP contribution in [0.25, 0.3) is 5.69 Å². The number of aromatic nitrogens is 2. The number of hydrogen-bond acceptors (Lipinski definition) is 3. The zero-order chi connectivity index (χ0) is 19.8. The zero-order valence-electron chi connectivity index (χ0n) is 14.9. The Morgan fingerprint density at radius 3 is 2.39 bits per heavy atom. The predicted molar refractivity (Wildman–Crippen MR) is 98.4 cm³/mol. The highest BCUT2D eigenvalue weighted by Crippen LogP contribution is 2.29. The summed E-state index contributed by atoms with van der Waals surface area (Å²) in [7, 11) is 0. The van der Waals surface area contributed by atoms with Crippen LogP contribution in [0.2, 0.25) is 0 Å². The lowest BCUT2D eigenvalue weighted by Crippen LogP contribution is -2.32. The van der Waals surface area contributed by atoms with E-state index in [2.05, 4.69) is 11.8 Å². The molecule has 0 saturated heterocycles. The molecule has 2 aromatic carbocycles. The molecule has 0 amide bonds. The first-order chi connectivity index (χ1) is 13.5. The summed E-state index contributed by atoms with van der Waals surface area (Å²) < 4.78 is 36.7. The van der Waals surface area contributed by atoms with Gasteiger partial charge >= 0.3 is 5.69 Å². The number of ether oxygens (including phenoxy) is 1. The summed E-state index contributed by atoms with van der Waals surface area (Å²) in [5.74, 6) is 3.00. The molecule has 3 aromatic rings. The average molecular weight is 382 g/mol. The molecule has 142 valence electrons. The number of rotatable bonds is 1. The van der Waals surface area contributed by atoms with E-state index in [9.17, 15) is 18.7 Å². The molecule has 1 aromatic heterocycles. The van der Waals surface area contributed by atoms with Gasteiger partial charge in [0.25, 0.3) is 0 Å². The summed E-state index contributed by atoms with van der Waals surface area (Å²) in [6, 6.07) is 10.7. The molecule has 0 spiro atoms. The second-order valence-corrected chi connectivity index (χ2v) is 6.53. The first-order valence-electron chi connectivity index (χ1n) is 8.66. The molecular formula is C21H16F2N2O3. The standard InChI is InChI=1S/C21H16F2N2O3/c1-13-11-28-12-18-20(26)25(21(27)24(13)18)19-16(22)9-15(10-17(19)23)8-7-14-5-3-2-4-6-14/h2-6,9-10,13,26H,11-12H2,1H3. The number of benzene rings is 2. The quantitative estimate of drug-likeness (QED) is 0.658. The largest absolute Gasteiger partial charge is 0.493 e. The Kier molecular flexibility index (Phi) is 4.49. The Hall–Kier alpha value is -3.37. The van der Waals surface area contributed by atoms with Crippen LogP contribution in [0.4, 0.5) is 8.78 Å². The smallest absolute Gasteiger partial charge is 0.336 e. The number of halogens is 2. The fourth-order valence-electron chi connectivity index (χ4n) is 3.26. The van der Waals surface area contributed by atoms with Crippen molar-refractivity contribution >= 4 is 0 Å². The highest BCUT2D eigenvalue weighted by molar-refractivity contribution is 5.49. The molecule has 0 saturated carbocycles. The molecule has 0 fully saturated rings. The summed E-state index contributed by atoms with van der Waals surface area (Å²) in [4.78, 5) is 12.7. The molecular weight excluding hydrogens is 366 g/mol. The van der Waals surface area contributed by atoms with Crippen molar-refractivity contribution < 1.29 is 18.6 Å². The number of hydrogen-bond donors (Lipinski definition) is 1. The van der Waals surface area contributed by atoms with E-state index >= 15 is 0 Å². The maximum absolute atomic E-state index is 14.7. The van der Waals surface area contributed by atoms with Crippen LogP contribution in [-0.2, 0) is 11.3 Å². The van der Waals surface area contributed by atoms with E-state index in [1.807, 2.05) is 18.2 Å². The predicted octanol–water partition coefficient (Wildman–Crippen LogP) is 3.11. The van der Waals surface area contributed by atoms with Gasteiger partial charge in [-0.15, -0.1) is 0 Å². The van der Waals surface area contributed by atoms with Gasteiger partial charge in [-0.3, -0.25) is 4.57 Å². The van der Waals surface area contributed by atoms with Crippen LogP contribution in [0.1, 0.15) is 29.8 Å². The molecule has 1 N–H and O–H groups in total. The Bertz CT molecular complexity index is 1150. The van der Waals surface area contributed by atoms with Crippen LogP contribution in [0.3, 0.4) is 0 Å². The van der Waals surface area contributed by atoms with E-state index in [-0.39, 0.29) is 30.5 Å². The average Bonchev–Trinajstić information content (AvgIpc) is 2.93. The number of fused-ring (bicyclic) bond motifs is 1. The van der Waals surface area contributed by atoms with Crippen LogP contribution >= 0.6 is 0 Å². The van der Waals surface area contributed by atoms with Gasteiger partial charge in [0.05, 0.1) is 19.3 Å². The molecule has 1 aliphatic heterocycles. The lowest BCUT2D eigenvalue weighted by molar-refractivity contribution is 0.0604. The molecule has 0 radical (unpaired) electrons. The summed E-state index contributed by atoms with van der Waals surface area (Å²) in [6.07, 6.45) is 0. The van der Waals surface area contributed by atoms with Gasteiger partial charge in [-0.2, -0.15) is 0 Å². The maximum atomic E-state index is 14.7. The molecule has 1 aliphatic rings. The number of nitrogens with zero attached hydrogens (tertiary/aromatic N) is 2. The zero-order valence-corrected chi connectivity index (χ0v) is 14.9. The Morgan fingerprint density at radius 1 is 1.11 bits per heavy atom. The van der Waals surface area contributed by atoms with E-state index in [1.54, 1.807) is 19.1 Å². The lowest BCUT2D eigenvalue weighted by Gasteiger charge is -2.20. The fourth-order valence-corrected chi connectivity index (χ4v) is 3.26. The first-order valence-corrected chi connectivity index (χ1v) is 8.66. The first kappa shape index (κ1) is 18.0. The van der Waals surface area contributed by atoms with Gasteiger partial charge in [-0.1, -0.05) is 30.0 Å². The van der Waals surface area contributed by atoms with Crippen molar-refractivity contribution in [3.05, 3.63) is 81.4 Å². The second kappa shape index (κ2) is 6.98. The summed E-state index contributed by atoms with van der Waals surface area (Å²) in [5, 5.41) is 10.4. The third-order valence-corrected chi connectivity index (χ3v) is 4.56. The Morgan fingerprint density at radius 2 is 1.75 bits per heavy atom. The highest BCUT2D eigenvalue weighted by Gasteiger charge is 2.29. The highest BCUT2D eigenvalue weighted by atomic mass is 19.1. The monoisotopic (exact) mass is 382 g/mol. The molecule has 4 rings (SSSR count). The lowest BCUT2D eigenvalue weighted by atomic mass is 10.1. The van der Waals surface area contributed by atoms with E-state index in [1.165, 1.54) is 4.57 Å². The van der Waals surface area contributed by atoms with Gasteiger partial charge in [0.2, 0.25) is 5.88 Å². The third-order valence-electron chi connectivity index (χ3n) is 4.56. The van der Waals surface area contributed by atoms with E-state index < -0.39 is 28.9 Å². The molecule has 0 bridgehead atoms. The van der Waals surface area contributed by atoms with Crippen LogP contribution < -0.4 is 5.69 Å². The Balaban J connectivity index is 1.81. The van der Waals surface area contributed by atoms with Gasteiger partial charge < -0.3 is 9.84 Å². The van der Waals surface area contributed by atoms with Crippen LogP contribution in [0.15, 0.2) is 47.3 Å². The van der Waals surface area contributed by atoms with Gasteiger partial charge in [0.1, 0.15) is 11.4 Å². The minimum absolute atomic E-state index is 0.0116. The molecule has 28 heavy (non-hydrogen) atoms. The molecule has 5 nitrogen and oxygen atoms in total.